The first-order valence-electron chi connectivity index (χ1n) is 9.57. The highest BCUT2D eigenvalue weighted by molar-refractivity contribution is 6.30. The van der Waals surface area contributed by atoms with Crippen LogP contribution in [0.15, 0.2) is 53.3 Å². The molecule has 3 aromatic rings. The van der Waals surface area contributed by atoms with Crippen LogP contribution < -0.4 is 10.9 Å². The second kappa shape index (κ2) is 9.58. The normalized spacial score (nSPS) is 10.9. The minimum Gasteiger partial charge on any atom is -0.396 e. The molecule has 29 heavy (non-hydrogen) atoms. The summed E-state index contributed by atoms with van der Waals surface area (Å²) in [7, 11) is 0. The summed E-state index contributed by atoms with van der Waals surface area (Å²) in [5, 5.41) is 13.4. The zero-order valence-electron chi connectivity index (χ0n) is 16.2. The van der Waals surface area contributed by atoms with Gasteiger partial charge in [-0.25, -0.2) is 4.79 Å². The van der Waals surface area contributed by atoms with Crippen molar-refractivity contribution in [2.24, 2.45) is 0 Å². The molecule has 1 heterocycles. The number of hydrogen-bond donors (Lipinski definition) is 3. The van der Waals surface area contributed by atoms with Crippen molar-refractivity contribution in [1.29, 1.82) is 0 Å². The van der Waals surface area contributed by atoms with Gasteiger partial charge in [0.25, 0.3) is 5.56 Å². The standard InChI is InChI=1S/C22H24ClN3O3/c1-2-15-7-8-20-16(11-15)12-17(21(28)25-20)14-26(9-4-10-27)22(29)24-19-6-3-5-18(23)13-19/h3,5-8,11-13,27H,2,4,9-10,14H2,1H3,(H,24,29)(H,25,28). The molecule has 0 saturated heterocycles. The number of aliphatic hydroxyl groups excluding tert-OH is 1. The first-order chi connectivity index (χ1) is 14.0. The number of amides is 2. The summed E-state index contributed by atoms with van der Waals surface area (Å²) >= 11 is 5.98. The number of aryl methyl sites for hydroxylation is 1. The van der Waals surface area contributed by atoms with E-state index >= 15 is 0 Å². The molecule has 0 aliphatic carbocycles. The predicted octanol–water partition coefficient (Wildman–Crippen LogP) is 4.16. The maximum Gasteiger partial charge on any atom is 0.322 e. The van der Waals surface area contributed by atoms with Gasteiger partial charge in [0.1, 0.15) is 0 Å². The van der Waals surface area contributed by atoms with E-state index in [2.05, 4.69) is 17.2 Å². The summed E-state index contributed by atoms with van der Waals surface area (Å²) in [6, 6.07) is 14.3. The third-order valence-electron chi connectivity index (χ3n) is 4.70. The smallest absolute Gasteiger partial charge is 0.322 e. The van der Waals surface area contributed by atoms with Gasteiger partial charge in [0.15, 0.2) is 0 Å². The van der Waals surface area contributed by atoms with Crippen molar-refractivity contribution < 1.29 is 9.90 Å². The maximum atomic E-state index is 12.8. The second-order valence-corrected chi connectivity index (χ2v) is 7.27. The average Bonchev–Trinajstić information content (AvgIpc) is 2.71. The van der Waals surface area contributed by atoms with Gasteiger partial charge in [0, 0.05) is 34.9 Å². The number of aromatic amines is 1. The van der Waals surface area contributed by atoms with Crippen LogP contribution in [0.5, 0.6) is 0 Å². The molecule has 152 valence electrons. The zero-order valence-corrected chi connectivity index (χ0v) is 17.0. The van der Waals surface area contributed by atoms with E-state index in [1.165, 1.54) is 10.5 Å². The Kier molecular flexibility index (Phi) is 6.90. The number of hydrogen-bond acceptors (Lipinski definition) is 3. The monoisotopic (exact) mass is 413 g/mol. The number of carbonyl (C=O) groups is 1. The Balaban J connectivity index is 1.86. The minimum atomic E-state index is -0.359. The largest absolute Gasteiger partial charge is 0.396 e. The first kappa shape index (κ1) is 20.9. The fourth-order valence-electron chi connectivity index (χ4n) is 3.13. The zero-order chi connectivity index (χ0) is 20.8. The van der Waals surface area contributed by atoms with Crippen LogP contribution in [0.25, 0.3) is 10.9 Å². The molecule has 3 rings (SSSR count). The van der Waals surface area contributed by atoms with Gasteiger partial charge in [-0.3, -0.25) is 4.79 Å². The third-order valence-corrected chi connectivity index (χ3v) is 4.94. The molecular weight excluding hydrogens is 390 g/mol. The van der Waals surface area contributed by atoms with Crippen LogP contribution in [0.1, 0.15) is 24.5 Å². The molecule has 0 aliphatic rings. The molecule has 0 unspecified atom stereocenters. The van der Waals surface area contributed by atoms with Gasteiger partial charge in [-0.15, -0.1) is 0 Å². The van der Waals surface area contributed by atoms with Gasteiger partial charge in [-0.05, 0) is 60.2 Å². The third kappa shape index (κ3) is 5.37. The molecule has 6 nitrogen and oxygen atoms in total. The molecule has 3 N–H and O–H groups in total. The molecule has 1 aromatic heterocycles. The number of aliphatic hydroxyl groups is 1. The molecule has 0 saturated carbocycles. The van der Waals surface area contributed by atoms with Gasteiger partial charge in [-0.1, -0.05) is 30.7 Å². The molecule has 0 radical (unpaired) electrons. The lowest BCUT2D eigenvalue weighted by atomic mass is 10.1. The first-order valence-corrected chi connectivity index (χ1v) is 9.95. The Labute approximate surface area is 174 Å². The number of carbonyl (C=O) groups excluding carboxylic acids is 1. The van der Waals surface area contributed by atoms with Gasteiger partial charge >= 0.3 is 6.03 Å². The Bertz CT molecular complexity index is 1060. The van der Waals surface area contributed by atoms with E-state index in [0.29, 0.717) is 29.2 Å². The number of rotatable bonds is 7. The van der Waals surface area contributed by atoms with Gasteiger partial charge in [-0.2, -0.15) is 0 Å². The van der Waals surface area contributed by atoms with E-state index in [1.807, 2.05) is 24.3 Å². The van der Waals surface area contributed by atoms with Crippen molar-refractivity contribution in [1.82, 2.24) is 9.88 Å². The SMILES string of the molecule is CCc1ccc2[nH]c(=O)c(CN(CCCO)C(=O)Nc3cccc(Cl)c3)cc2c1. The maximum absolute atomic E-state index is 12.8. The number of pyridine rings is 1. The Hall–Kier alpha value is -2.83. The van der Waals surface area contributed by atoms with Crippen LogP contribution in [0.4, 0.5) is 10.5 Å². The highest BCUT2D eigenvalue weighted by atomic mass is 35.5. The molecule has 2 aromatic carbocycles. The highest BCUT2D eigenvalue weighted by Gasteiger charge is 2.16. The lowest BCUT2D eigenvalue weighted by Gasteiger charge is -2.23. The Morgan fingerprint density at radius 3 is 2.76 bits per heavy atom. The number of anilines is 1. The molecule has 7 heteroatoms. The number of aromatic nitrogens is 1. The molecule has 0 bridgehead atoms. The van der Waals surface area contributed by atoms with E-state index in [1.54, 1.807) is 24.3 Å². The van der Waals surface area contributed by atoms with Crippen LogP contribution in [0, 0.1) is 0 Å². The van der Waals surface area contributed by atoms with Gasteiger partial charge < -0.3 is 20.3 Å². The number of halogens is 1. The number of fused-ring (bicyclic) bond motifs is 1. The van der Waals surface area contributed by atoms with Crippen molar-refractivity contribution >= 4 is 34.2 Å². The van der Waals surface area contributed by atoms with Crippen LogP contribution in [0.2, 0.25) is 5.02 Å². The summed E-state index contributed by atoms with van der Waals surface area (Å²) in [6.07, 6.45) is 1.31. The number of nitrogens with one attached hydrogen (secondary N) is 2. The lowest BCUT2D eigenvalue weighted by molar-refractivity contribution is 0.199. The Morgan fingerprint density at radius 1 is 1.21 bits per heavy atom. The minimum absolute atomic E-state index is 0.0467. The van der Waals surface area contributed by atoms with Crippen LogP contribution >= 0.6 is 11.6 Å². The highest BCUT2D eigenvalue weighted by Crippen LogP contribution is 2.17. The lowest BCUT2D eigenvalue weighted by Crippen LogP contribution is -2.37. The van der Waals surface area contributed by atoms with Crippen molar-refractivity contribution in [3.05, 3.63) is 75.0 Å². The second-order valence-electron chi connectivity index (χ2n) is 6.84. The molecule has 2 amide bonds. The average molecular weight is 414 g/mol. The van der Waals surface area contributed by atoms with Crippen LogP contribution in [-0.2, 0) is 13.0 Å². The summed E-state index contributed by atoms with van der Waals surface area (Å²) in [6.45, 7) is 2.48. The summed E-state index contributed by atoms with van der Waals surface area (Å²) < 4.78 is 0. The molecule has 0 atom stereocenters. The van der Waals surface area contributed by atoms with Crippen molar-refractivity contribution in [2.45, 2.75) is 26.3 Å². The van der Waals surface area contributed by atoms with E-state index in [-0.39, 0.29) is 24.7 Å². The quantitative estimate of drug-likeness (QED) is 0.543. The van der Waals surface area contributed by atoms with Crippen LogP contribution in [-0.4, -0.2) is 34.2 Å². The molecular formula is C22H24ClN3O3. The van der Waals surface area contributed by atoms with Gasteiger partial charge in [0.05, 0.1) is 6.54 Å². The predicted molar refractivity (Wildman–Crippen MR) is 117 cm³/mol. The number of benzene rings is 2. The van der Waals surface area contributed by atoms with Crippen molar-refractivity contribution in [2.75, 3.05) is 18.5 Å². The summed E-state index contributed by atoms with van der Waals surface area (Å²) in [5.74, 6) is 0. The topological polar surface area (TPSA) is 85.4 Å². The number of urea groups is 1. The van der Waals surface area contributed by atoms with E-state index in [9.17, 15) is 14.7 Å². The van der Waals surface area contributed by atoms with E-state index in [4.69, 9.17) is 11.6 Å². The summed E-state index contributed by atoms with van der Waals surface area (Å²) in [4.78, 5) is 29.7. The summed E-state index contributed by atoms with van der Waals surface area (Å²) in [5.41, 5.74) is 2.76. The van der Waals surface area contributed by atoms with Crippen molar-refractivity contribution in [3.8, 4) is 0 Å². The van der Waals surface area contributed by atoms with E-state index in [0.717, 1.165) is 17.3 Å². The number of H-pyrrole nitrogens is 1. The molecule has 0 aliphatic heterocycles. The van der Waals surface area contributed by atoms with Gasteiger partial charge in [0.2, 0.25) is 0 Å². The fraction of sp³-hybridized carbons (Fsp3) is 0.273. The van der Waals surface area contributed by atoms with Crippen molar-refractivity contribution in [3.63, 3.8) is 0 Å². The number of nitrogens with zero attached hydrogens (tertiary/aromatic N) is 1. The Morgan fingerprint density at radius 2 is 2.03 bits per heavy atom. The molecule has 0 fully saturated rings. The fourth-order valence-corrected chi connectivity index (χ4v) is 3.32. The van der Waals surface area contributed by atoms with E-state index < -0.39 is 0 Å². The molecule has 0 spiro atoms. The van der Waals surface area contributed by atoms with Crippen LogP contribution in [0.3, 0.4) is 0 Å².